The maximum absolute atomic E-state index is 13.2. The monoisotopic (exact) mass is 449 g/mol. The fourth-order valence-corrected chi connectivity index (χ4v) is 4.45. The van der Waals surface area contributed by atoms with Crippen molar-refractivity contribution in [2.75, 3.05) is 44.2 Å². The highest BCUT2D eigenvalue weighted by Crippen LogP contribution is 2.19. The van der Waals surface area contributed by atoms with E-state index in [2.05, 4.69) is 51.4 Å². The van der Waals surface area contributed by atoms with Crippen LogP contribution in [-0.4, -0.2) is 59.9 Å². The second-order valence-electron chi connectivity index (χ2n) is 8.71. The Balaban J connectivity index is 1.24. The molecular formula is C26H32FN5O. The molecule has 6 nitrogen and oxygen atoms in total. The van der Waals surface area contributed by atoms with Crippen molar-refractivity contribution in [2.45, 2.75) is 27.2 Å². The molecule has 3 aromatic rings. The van der Waals surface area contributed by atoms with Crippen LogP contribution in [0, 0.1) is 26.6 Å². The predicted octanol–water partition coefficient (Wildman–Crippen LogP) is 3.88. The number of rotatable bonds is 7. The molecule has 0 unspecified atom stereocenters. The van der Waals surface area contributed by atoms with E-state index in [4.69, 9.17) is 0 Å². The van der Waals surface area contributed by atoms with Crippen molar-refractivity contribution in [3.05, 3.63) is 76.9 Å². The number of nitrogens with zero attached hydrogens (tertiary/aromatic N) is 4. The molecule has 1 fully saturated rings. The van der Waals surface area contributed by atoms with Crippen molar-refractivity contribution in [3.63, 3.8) is 0 Å². The van der Waals surface area contributed by atoms with Crippen LogP contribution in [0.3, 0.4) is 0 Å². The number of aromatic nitrogens is 2. The third-order valence-corrected chi connectivity index (χ3v) is 6.27. The van der Waals surface area contributed by atoms with Crippen molar-refractivity contribution in [2.24, 2.45) is 0 Å². The molecule has 0 spiro atoms. The zero-order valence-corrected chi connectivity index (χ0v) is 19.6. The number of halogens is 1. The Morgan fingerprint density at radius 3 is 2.42 bits per heavy atom. The minimum absolute atomic E-state index is 0.109. The Morgan fingerprint density at radius 1 is 1.00 bits per heavy atom. The van der Waals surface area contributed by atoms with Crippen LogP contribution in [0.4, 0.5) is 10.1 Å². The van der Waals surface area contributed by atoms with E-state index in [0.29, 0.717) is 17.8 Å². The zero-order valence-electron chi connectivity index (χ0n) is 19.6. The van der Waals surface area contributed by atoms with Crippen molar-refractivity contribution in [3.8, 4) is 5.69 Å². The molecule has 0 aliphatic carbocycles. The molecule has 2 aromatic carbocycles. The minimum Gasteiger partial charge on any atom is -0.369 e. The summed E-state index contributed by atoms with van der Waals surface area (Å²) in [5.74, 6) is -0.405. The largest absolute Gasteiger partial charge is 0.369 e. The smallest absolute Gasteiger partial charge is 0.255 e. The topological polar surface area (TPSA) is 53.4 Å². The van der Waals surface area contributed by atoms with Gasteiger partial charge in [0, 0.05) is 38.4 Å². The van der Waals surface area contributed by atoms with Gasteiger partial charge in [-0.15, -0.1) is 0 Å². The second kappa shape index (κ2) is 10.2. The molecule has 4 rings (SSSR count). The third-order valence-electron chi connectivity index (χ3n) is 6.27. The average Bonchev–Trinajstić information content (AvgIpc) is 3.11. The Kier molecular flexibility index (Phi) is 7.08. The number of carbonyl (C=O) groups is 1. The second-order valence-corrected chi connectivity index (χ2v) is 8.71. The lowest BCUT2D eigenvalue weighted by Crippen LogP contribution is -2.47. The number of piperazine rings is 1. The molecule has 1 N–H and O–H groups in total. The SMILES string of the molecule is Cc1cccc(N2CCN(CCCNC(=O)c3c(C)nn(-c4ccc(F)cc4)c3C)CC2)c1. The van der Waals surface area contributed by atoms with Crippen molar-refractivity contribution >= 4 is 11.6 Å². The molecule has 1 aromatic heterocycles. The molecule has 7 heteroatoms. The zero-order chi connectivity index (χ0) is 23.4. The Hall–Kier alpha value is -3.19. The number of nitrogens with one attached hydrogen (secondary N) is 1. The number of hydrogen-bond donors (Lipinski definition) is 1. The normalized spacial score (nSPS) is 14.5. The van der Waals surface area contributed by atoms with Crippen molar-refractivity contribution in [1.29, 1.82) is 0 Å². The van der Waals surface area contributed by atoms with Crippen LogP contribution in [0.15, 0.2) is 48.5 Å². The Labute approximate surface area is 195 Å². The van der Waals surface area contributed by atoms with Crippen LogP contribution in [0.2, 0.25) is 0 Å². The first-order valence-electron chi connectivity index (χ1n) is 11.6. The Bertz CT molecular complexity index is 1100. The molecule has 1 saturated heterocycles. The summed E-state index contributed by atoms with van der Waals surface area (Å²) in [6.45, 7) is 11.5. The van der Waals surface area contributed by atoms with Gasteiger partial charge in [-0.05, 0) is 75.7 Å². The van der Waals surface area contributed by atoms with E-state index in [0.717, 1.165) is 50.5 Å². The van der Waals surface area contributed by atoms with Crippen LogP contribution < -0.4 is 10.2 Å². The van der Waals surface area contributed by atoms with Gasteiger partial charge in [0.1, 0.15) is 5.82 Å². The Morgan fingerprint density at radius 2 is 1.73 bits per heavy atom. The summed E-state index contributed by atoms with van der Waals surface area (Å²) in [4.78, 5) is 17.7. The number of aryl methyl sites for hydroxylation is 2. The lowest BCUT2D eigenvalue weighted by molar-refractivity contribution is 0.0950. The third kappa shape index (κ3) is 5.42. The van der Waals surface area contributed by atoms with Crippen molar-refractivity contribution in [1.82, 2.24) is 20.0 Å². The summed E-state index contributed by atoms with van der Waals surface area (Å²) < 4.78 is 14.9. The van der Waals surface area contributed by atoms with E-state index < -0.39 is 0 Å². The van der Waals surface area contributed by atoms with E-state index in [9.17, 15) is 9.18 Å². The molecule has 1 amide bonds. The van der Waals surface area contributed by atoms with E-state index in [-0.39, 0.29) is 11.7 Å². The molecular weight excluding hydrogens is 417 g/mol. The molecule has 1 aliphatic rings. The number of hydrogen-bond acceptors (Lipinski definition) is 4. The fourth-order valence-electron chi connectivity index (χ4n) is 4.45. The standard InChI is InChI=1S/C26H32FN5O/c1-19-6-4-7-24(18-19)31-16-14-30(15-17-31)13-5-12-28-26(33)25-20(2)29-32(21(25)3)23-10-8-22(27)9-11-23/h4,6-11,18H,5,12-17H2,1-3H3,(H,28,33). The van der Waals surface area contributed by atoms with Gasteiger partial charge >= 0.3 is 0 Å². The van der Waals surface area contributed by atoms with E-state index in [1.54, 1.807) is 16.8 Å². The van der Waals surface area contributed by atoms with E-state index in [1.165, 1.54) is 23.4 Å². The van der Waals surface area contributed by atoms with Gasteiger partial charge in [0.05, 0.1) is 22.6 Å². The van der Waals surface area contributed by atoms with Gasteiger partial charge in [-0.3, -0.25) is 9.69 Å². The van der Waals surface area contributed by atoms with Gasteiger partial charge in [-0.2, -0.15) is 5.10 Å². The summed E-state index contributed by atoms with van der Waals surface area (Å²) in [6.07, 6.45) is 0.903. The van der Waals surface area contributed by atoms with Crippen molar-refractivity contribution < 1.29 is 9.18 Å². The summed E-state index contributed by atoms with van der Waals surface area (Å²) in [7, 11) is 0. The number of anilines is 1. The summed E-state index contributed by atoms with van der Waals surface area (Å²) in [5, 5.41) is 7.54. The minimum atomic E-state index is -0.296. The van der Waals surface area contributed by atoms with Crippen LogP contribution in [0.25, 0.3) is 5.69 Å². The molecule has 0 saturated carbocycles. The first-order valence-corrected chi connectivity index (χ1v) is 11.6. The van der Waals surface area contributed by atoms with Gasteiger partial charge < -0.3 is 10.2 Å². The van der Waals surface area contributed by atoms with Gasteiger partial charge in [0.15, 0.2) is 0 Å². The summed E-state index contributed by atoms with van der Waals surface area (Å²) in [6, 6.07) is 14.8. The highest BCUT2D eigenvalue weighted by Gasteiger charge is 2.20. The van der Waals surface area contributed by atoms with Gasteiger partial charge in [0.25, 0.3) is 5.91 Å². The lowest BCUT2D eigenvalue weighted by atomic mass is 10.1. The van der Waals surface area contributed by atoms with E-state index >= 15 is 0 Å². The molecule has 174 valence electrons. The van der Waals surface area contributed by atoms with Gasteiger partial charge in [-0.25, -0.2) is 9.07 Å². The lowest BCUT2D eigenvalue weighted by Gasteiger charge is -2.36. The van der Waals surface area contributed by atoms with Crippen LogP contribution >= 0.6 is 0 Å². The van der Waals surface area contributed by atoms with Crippen LogP contribution in [0.5, 0.6) is 0 Å². The van der Waals surface area contributed by atoms with Crippen LogP contribution in [0.1, 0.15) is 33.7 Å². The maximum Gasteiger partial charge on any atom is 0.255 e. The molecule has 0 radical (unpaired) electrons. The predicted molar refractivity (Wildman–Crippen MR) is 130 cm³/mol. The summed E-state index contributed by atoms with van der Waals surface area (Å²) >= 11 is 0. The number of carbonyl (C=O) groups excluding carboxylic acids is 1. The summed E-state index contributed by atoms with van der Waals surface area (Å²) in [5.41, 5.74) is 5.34. The highest BCUT2D eigenvalue weighted by atomic mass is 19.1. The quantitative estimate of drug-likeness (QED) is 0.557. The van der Waals surface area contributed by atoms with Crippen LogP contribution in [-0.2, 0) is 0 Å². The number of amides is 1. The maximum atomic E-state index is 13.2. The first-order chi connectivity index (χ1) is 15.9. The molecule has 0 atom stereocenters. The average molecular weight is 450 g/mol. The van der Waals surface area contributed by atoms with Gasteiger partial charge in [-0.1, -0.05) is 12.1 Å². The fraction of sp³-hybridized carbons (Fsp3) is 0.385. The molecule has 1 aliphatic heterocycles. The van der Waals surface area contributed by atoms with E-state index in [1.807, 2.05) is 13.8 Å². The first kappa shape index (κ1) is 23.0. The molecule has 33 heavy (non-hydrogen) atoms. The molecule has 0 bridgehead atoms. The highest BCUT2D eigenvalue weighted by molar-refractivity contribution is 5.96. The van der Waals surface area contributed by atoms with Gasteiger partial charge in [0.2, 0.25) is 0 Å². The molecule has 2 heterocycles. The number of benzene rings is 2.